The molecule has 3 rings (SSSR count). The summed E-state index contributed by atoms with van der Waals surface area (Å²) in [6.45, 7) is 11.6. The third kappa shape index (κ3) is 5.44. The summed E-state index contributed by atoms with van der Waals surface area (Å²) in [6, 6.07) is 17.5. The van der Waals surface area contributed by atoms with Crippen LogP contribution < -0.4 is 15.5 Å². The van der Waals surface area contributed by atoms with Gasteiger partial charge >= 0.3 is 0 Å². The first-order valence-electron chi connectivity index (χ1n) is 9.69. The van der Waals surface area contributed by atoms with Gasteiger partial charge < -0.3 is 15.5 Å². The molecular formula is C22H30N4S. The number of hydrogen-bond acceptors (Lipinski definition) is 3. The van der Waals surface area contributed by atoms with Crippen LogP contribution in [0.25, 0.3) is 0 Å². The molecule has 5 heteroatoms. The maximum absolute atomic E-state index is 5.49. The molecule has 1 aliphatic rings. The molecule has 1 heterocycles. The maximum atomic E-state index is 5.49. The topological polar surface area (TPSA) is 30.5 Å². The number of hydrogen-bond donors (Lipinski definition) is 2. The molecule has 1 atom stereocenters. The average Bonchev–Trinajstić information content (AvgIpc) is 2.70. The molecule has 2 N–H and O–H groups in total. The summed E-state index contributed by atoms with van der Waals surface area (Å²) >= 11 is 5.49. The van der Waals surface area contributed by atoms with Crippen molar-refractivity contribution in [2.75, 3.05) is 42.9 Å². The molecule has 0 saturated carbocycles. The molecule has 0 bridgehead atoms. The fourth-order valence-corrected chi connectivity index (χ4v) is 3.66. The largest absolute Gasteiger partial charge is 0.369 e. The number of anilines is 2. The third-order valence-electron chi connectivity index (χ3n) is 5.26. The second-order valence-corrected chi connectivity index (χ2v) is 7.77. The molecule has 1 aliphatic heterocycles. The highest BCUT2D eigenvalue weighted by Gasteiger charge is 2.21. The van der Waals surface area contributed by atoms with Gasteiger partial charge in [0.25, 0.3) is 0 Å². The summed E-state index contributed by atoms with van der Waals surface area (Å²) in [5.41, 5.74) is 4.84. The molecule has 1 saturated heterocycles. The number of nitrogens with zero attached hydrogens (tertiary/aromatic N) is 2. The van der Waals surface area contributed by atoms with E-state index in [2.05, 4.69) is 89.7 Å². The molecule has 0 amide bonds. The van der Waals surface area contributed by atoms with Gasteiger partial charge in [0, 0.05) is 50.1 Å². The molecule has 0 spiro atoms. The van der Waals surface area contributed by atoms with Crippen LogP contribution in [-0.4, -0.2) is 48.8 Å². The van der Waals surface area contributed by atoms with Crippen LogP contribution in [0.15, 0.2) is 48.5 Å². The number of thiocarbonyl (C=S) groups is 1. The minimum atomic E-state index is 0.446. The SMILES string of the molecule is Cc1ccc(C)c(NC(=S)NCC(C)N2CCN(c3ccccc3)CC2)c1. The lowest BCUT2D eigenvalue weighted by molar-refractivity contribution is 0.198. The molecule has 0 aliphatic carbocycles. The average molecular weight is 383 g/mol. The Balaban J connectivity index is 1.44. The summed E-state index contributed by atoms with van der Waals surface area (Å²) in [6.07, 6.45) is 0. The molecule has 0 radical (unpaired) electrons. The highest BCUT2D eigenvalue weighted by Crippen LogP contribution is 2.17. The molecule has 27 heavy (non-hydrogen) atoms. The Bertz CT molecular complexity index is 754. The zero-order valence-electron chi connectivity index (χ0n) is 16.5. The van der Waals surface area contributed by atoms with E-state index in [9.17, 15) is 0 Å². The van der Waals surface area contributed by atoms with Gasteiger partial charge in [-0.1, -0.05) is 30.3 Å². The minimum absolute atomic E-state index is 0.446. The van der Waals surface area contributed by atoms with Crippen LogP contribution >= 0.6 is 12.2 Å². The Morgan fingerprint density at radius 3 is 2.44 bits per heavy atom. The van der Waals surface area contributed by atoms with Gasteiger partial charge in [-0.3, -0.25) is 4.90 Å². The Labute approximate surface area is 168 Å². The number of piperazine rings is 1. The van der Waals surface area contributed by atoms with E-state index in [1.54, 1.807) is 0 Å². The number of benzene rings is 2. The van der Waals surface area contributed by atoms with E-state index < -0.39 is 0 Å². The zero-order chi connectivity index (χ0) is 19.2. The zero-order valence-corrected chi connectivity index (χ0v) is 17.4. The van der Waals surface area contributed by atoms with E-state index in [-0.39, 0.29) is 0 Å². The molecule has 2 aromatic carbocycles. The number of aryl methyl sites for hydroxylation is 2. The van der Waals surface area contributed by atoms with Crippen LogP contribution in [0.2, 0.25) is 0 Å². The second-order valence-electron chi connectivity index (χ2n) is 7.36. The maximum Gasteiger partial charge on any atom is 0.170 e. The molecule has 1 fully saturated rings. The fraction of sp³-hybridized carbons (Fsp3) is 0.409. The number of para-hydroxylation sites is 1. The summed E-state index contributed by atoms with van der Waals surface area (Å²) in [7, 11) is 0. The van der Waals surface area contributed by atoms with Crippen LogP contribution in [0.1, 0.15) is 18.1 Å². The molecule has 1 unspecified atom stereocenters. The molecule has 0 aromatic heterocycles. The van der Waals surface area contributed by atoms with E-state index in [0.29, 0.717) is 11.2 Å². The summed E-state index contributed by atoms with van der Waals surface area (Å²) < 4.78 is 0. The Hall–Kier alpha value is -2.11. The Kier molecular flexibility index (Phi) is 6.69. The van der Waals surface area contributed by atoms with Gasteiger partial charge in [-0.25, -0.2) is 0 Å². The standard InChI is InChI=1S/C22H30N4S/c1-17-9-10-18(2)21(15-17)24-22(27)23-16-19(3)25-11-13-26(14-12-25)20-7-5-4-6-8-20/h4-10,15,19H,11-14,16H2,1-3H3,(H2,23,24,27). The summed E-state index contributed by atoms with van der Waals surface area (Å²) in [5.74, 6) is 0. The number of rotatable bonds is 5. The lowest BCUT2D eigenvalue weighted by Crippen LogP contribution is -2.52. The lowest BCUT2D eigenvalue weighted by atomic mass is 10.1. The molecule has 4 nitrogen and oxygen atoms in total. The van der Waals surface area contributed by atoms with Gasteiger partial charge in [-0.05, 0) is 62.3 Å². The van der Waals surface area contributed by atoms with Gasteiger partial charge in [0.2, 0.25) is 0 Å². The smallest absolute Gasteiger partial charge is 0.170 e. The van der Waals surface area contributed by atoms with Gasteiger partial charge in [0.1, 0.15) is 0 Å². The van der Waals surface area contributed by atoms with Crippen LogP contribution in [0.5, 0.6) is 0 Å². The van der Waals surface area contributed by atoms with E-state index in [4.69, 9.17) is 12.2 Å². The van der Waals surface area contributed by atoms with Crippen molar-refractivity contribution in [1.29, 1.82) is 0 Å². The van der Waals surface area contributed by atoms with Crippen LogP contribution in [0.3, 0.4) is 0 Å². The Morgan fingerprint density at radius 2 is 1.74 bits per heavy atom. The Morgan fingerprint density at radius 1 is 1.04 bits per heavy atom. The van der Waals surface area contributed by atoms with Crippen LogP contribution in [0.4, 0.5) is 11.4 Å². The predicted molar refractivity (Wildman–Crippen MR) is 120 cm³/mol. The van der Waals surface area contributed by atoms with Crippen molar-refractivity contribution in [2.24, 2.45) is 0 Å². The van der Waals surface area contributed by atoms with Gasteiger partial charge in [-0.2, -0.15) is 0 Å². The van der Waals surface area contributed by atoms with Gasteiger partial charge in [-0.15, -0.1) is 0 Å². The van der Waals surface area contributed by atoms with Crippen molar-refractivity contribution in [3.8, 4) is 0 Å². The van der Waals surface area contributed by atoms with E-state index >= 15 is 0 Å². The van der Waals surface area contributed by atoms with E-state index in [1.807, 2.05) is 0 Å². The van der Waals surface area contributed by atoms with E-state index in [0.717, 1.165) is 38.4 Å². The predicted octanol–water partition coefficient (Wildman–Crippen LogP) is 3.80. The van der Waals surface area contributed by atoms with Crippen molar-refractivity contribution >= 4 is 28.7 Å². The highest BCUT2D eigenvalue weighted by atomic mass is 32.1. The fourth-order valence-electron chi connectivity index (χ4n) is 3.47. The summed E-state index contributed by atoms with van der Waals surface area (Å²) in [5, 5.41) is 7.41. The normalized spacial score (nSPS) is 16.0. The quantitative estimate of drug-likeness (QED) is 0.768. The molecule has 144 valence electrons. The van der Waals surface area contributed by atoms with E-state index in [1.165, 1.54) is 16.8 Å². The lowest BCUT2D eigenvalue weighted by Gasteiger charge is -2.39. The first-order valence-corrected chi connectivity index (χ1v) is 10.1. The summed E-state index contributed by atoms with van der Waals surface area (Å²) in [4.78, 5) is 5.00. The third-order valence-corrected chi connectivity index (χ3v) is 5.50. The van der Waals surface area contributed by atoms with Crippen molar-refractivity contribution in [3.05, 3.63) is 59.7 Å². The highest BCUT2D eigenvalue weighted by molar-refractivity contribution is 7.80. The molecule has 2 aromatic rings. The van der Waals surface area contributed by atoms with Crippen LogP contribution in [0, 0.1) is 13.8 Å². The molecular weight excluding hydrogens is 352 g/mol. The minimum Gasteiger partial charge on any atom is -0.369 e. The number of nitrogens with one attached hydrogen (secondary N) is 2. The first kappa shape index (κ1) is 19.6. The monoisotopic (exact) mass is 382 g/mol. The van der Waals surface area contributed by atoms with Crippen molar-refractivity contribution < 1.29 is 0 Å². The van der Waals surface area contributed by atoms with Gasteiger partial charge in [0.15, 0.2) is 5.11 Å². The first-order chi connectivity index (χ1) is 13.0. The van der Waals surface area contributed by atoms with Crippen LogP contribution in [-0.2, 0) is 0 Å². The van der Waals surface area contributed by atoms with Crippen molar-refractivity contribution in [2.45, 2.75) is 26.8 Å². The van der Waals surface area contributed by atoms with Crippen molar-refractivity contribution in [3.63, 3.8) is 0 Å². The second kappa shape index (κ2) is 9.20. The van der Waals surface area contributed by atoms with Gasteiger partial charge in [0.05, 0.1) is 0 Å². The van der Waals surface area contributed by atoms with Crippen molar-refractivity contribution in [1.82, 2.24) is 10.2 Å².